The molecular weight excluding hydrogens is 284 g/mol. The van der Waals surface area contributed by atoms with Crippen molar-refractivity contribution in [1.29, 1.82) is 0 Å². The Kier molecular flexibility index (Phi) is 5.53. The summed E-state index contributed by atoms with van der Waals surface area (Å²) in [7, 11) is 0. The Labute approximate surface area is 133 Å². The Morgan fingerprint density at radius 3 is 2.48 bits per heavy atom. The van der Waals surface area contributed by atoms with Crippen LogP contribution in [-0.4, -0.2) is 30.3 Å². The molecule has 0 aromatic heterocycles. The fourth-order valence-corrected chi connectivity index (χ4v) is 2.96. The summed E-state index contributed by atoms with van der Waals surface area (Å²) in [5.74, 6) is 0.454. The van der Waals surface area contributed by atoms with E-state index in [0.717, 1.165) is 43.2 Å². The minimum Gasteiger partial charge on any atom is -0.396 e. The van der Waals surface area contributed by atoms with Crippen LogP contribution >= 0.6 is 11.6 Å². The summed E-state index contributed by atoms with van der Waals surface area (Å²) in [6.45, 7) is 9.57. The predicted octanol–water partition coefficient (Wildman–Crippen LogP) is 3.44. The van der Waals surface area contributed by atoms with E-state index < -0.39 is 0 Å². The molecule has 0 bridgehead atoms. The van der Waals surface area contributed by atoms with E-state index in [4.69, 9.17) is 11.6 Å². The molecule has 3 nitrogen and oxygen atoms in total. The van der Waals surface area contributed by atoms with Gasteiger partial charge in [0.2, 0.25) is 0 Å². The number of halogens is 1. The molecule has 0 radical (unpaired) electrons. The Morgan fingerprint density at radius 2 is 1.95 bits per heavy atom. The van der Waals surface area contributed by atoms with Crippen molar-refractivity contribution in [2.24, 2.45) is 5.92 Å². The van der Waals surface area contributed by atoms with Gasteiger partial charge < -0.3 is 15.3 Å². The number of hydrogen-bond donors (Lipinski definition) is 2. The SMILES string of the molecule is CC(C)(C)NCc1ccc(N2CCC(CO)CC2)c(Cl)c1. The highest BCUT2D eigenvalue weighted by molar-refractivity contribution is 6.33. The number of aliphatic hydroxyl groups is 1. The average Bonchev–Trinajstić information content (AvgIpc) is 2.45. The zero-order valence-electron chi connectivity index (χ0n) is 13.3. The quantitative estimate of drug-likeness (QED) is 0.894. The van der Waals surface area contributed by atoms with Gasteiger partial charge in [-0.15, -0.1) is 0 Å². The minimum absolute atomic E-state index is 0.108. The van der Waals surface area contributed by atoms with Crippen molar-refractivity contribution in [3.05, 3.63) is 28.8 Å². The van der Waals surface area contributed by atoms with Crippen LogP contribution in [0.1, 0.15) is 39.2 Å². The van der Waals surface area contributed by atoms with Crippen molar-refractivity contribution in [2.75, 3.05) is 24.6 Å². The number of benzene rings is 1. The van der Waals surface area contributed by atoms with E-state index in [0.29, 0.717) is 12.5 Å². The zero-order chi connectivity index (χ0) is 15.5. The Hall–Kier alpha value is -0.770. The molecule has 0 saturated carbocycles. The van der Waals surface area contributed by atoms with Crippen molar-refractivity contribution in [1.82, 2.24) is 5.32 Å². The van der Waals surface area contributed by atoms with Crippen LogP contribution in [0.2, 0.25) is 5.02 Å². The molecule has 1 heterocycles. The van der Waals surface area contributed by atoms with Gasteiger partial charge in [0.15, 0.2) is 0 Å². The van der Waals surface area contributed by atoms with Gasteiger partial charge in [-0.2, -0.15) is 0 Å². The van der Waals surface area contributed by atoms with E-state index in [1.807, 2.05) is 0 Å². The van der Waals surface area contributed by atoms with Gasteiger partial charge >= 0.3 is 0 Å². The van der Waals surface area contributed by atoms with Crippen molar-refractivity contribution in [3.8, 4) is 0 Å². The molecule has 0 unspecified atom stereocenters. The molecule has 0 amide bonds. The van der Waals surface area contributed by atoms with E-state index in [-0.39, 0.29) is 5.54 Å². The van der Waals surface area contributed by atoms with E-state index in [1.165, 1.54) is 5.56 Å². The maximum absolute atomic E-state index is 9.21. The lowest BCUT2D eigenvalue weighted by atomic mass is 9.97. The van der Waals surface area contributed by atoms with Crippen LogP contribution in [0, 0.1) is 5.92 Å². The van der Waals surface area contributed by atoms with Crippen LogP contribution in [-0.2, 0) is 6.54 Å². The van der Waals surface area contributed by atoms with Gasteiger partial charge in [-0.05, 0) is 57.2 Å². The summed E-state index contributed by atoms with van der Waals surface area (Å²) in [5.41, 5.74) is 2.44. The minimum atomic E-state index is 0.108. The maximum atomic E-state index is 9.21. The number of piperidine rings is 1. The largest absolute Gasteiger partial charge is 0.396 e. The van der Waals surface area contributed by atoms with Crippen LogP contribution in [0.3, 0.4) is 0 Å². The molecule has 2 N–H and O–H groups in total. The number of nitrogens with zero attached hydrogens (tertiary/aromatic N) is 1. The first kappa shape index (κ1) is 16.6. The molecular formula is C17H27ClN2O. The normalized spacial score (nSPS) is 17.3. The van der Waals surface area contributed by atoms with Gasteiger partial charge in [-0.1, -0.05) is 17.7 Å². The first-order valence-electron chi connectivity index (χ1n) is 7.78. The van der Waals surface area contributed by atoms with Gasteiger partial charge in [0, 0.05) is 31.8 Å². The van der Waals surface area contributed by atoms with Gasteiger partial charge in [0.25, 0.3) is 0 Å². The fraction of sp³-hybridized carbons (Fsp3) is 0.647. The van der Waals surface area contributed by atoms with Crippen LogP contribution in [0.4, 0.5) is 5.69 Å². The summed E-state index contributed by atoms with van der Waals surface area (Å²) in [5, 5.41) is 13.5. The highest BCUT2D eigenvalue weighted by atomic mass is 35.5. The summed E-state index contributed by atoms with van der Waals surface area (Å²) < 4.78 is 0. The topological polar surface area (TPSA) is 35.5 Å². The highest BCUT2D eigenvalue weighted by Gasteiger charge is 2.20. The molecule has 118 valence electrons. The Morgan fingerprint density at radius 1 is 1.29 bits per heavy atom. The monoisotopic (exact) mass is 310 g/mol. The summed E-state index contributed by atoms with van der Waals surface area (Å²) in [4.78, 5) is 2.33. The molecule has 4 heteroatoms. The standard InChI is InChI=1S/C17H27ClN2O/c1-17(2,3)19-11-14-4-5-16(15(18)10-14)20-8-6-13(12-21)7-9-20/h4-5,10,13,19,21H,6-9,11-12H2,1-3H3. The second kappa shape index (κ2) is 6.99. The van der Waals surface area contributed by atoms with E-state index in [1.54, 1.807) is 0 Å². The summed E-state index contributed by atoms with van der Waals surface area (Å²) in [6.07, 6.45) is 2.08. The second-order valence-corrected chi connectivity index (χ2v) is 7.41. The van der Waals surface area contributed by atoms with E-state index in [9.17, 15) is 5.11 Å². The Balaban J connectivity index is 1.99. The summed E-state index contributed by atoms with van der Waals surface area (Å²) >= 11 is 6.46. The van der Waals surface area contributed by atoms with E-state index >= 15 is 0 Å². The van der Waals surface area contributed by atoms with Crippen LogP contribution in [0.15, 0.2) is 18.2 Å². The molecule has 0 aliphatic carbocycles. The van der Waals surface area contributed by atoms with Gasteiger partial charge in [0.05, 0.1) is 10.7 Å². The summed E-state index contributed by atoms with van der Waals surface area (Å²) in [6, 6.07) is 6.34. The first-order chi connectivity index (χ1) is 9.89. The zero-order valence-corrected chi connectivity index (χ0v) is 14.1. The number of hydrogen-bond acceptors (Lipinski definition) is 3. The number of rotatable bonds is 4. The van der Waals surface area contributed by atoms with Crippen molar-refractivity contribution in [3.63, 3.8) is 0 Å². The maximum Gasteiger partial charge on any atom is 0.0642 e. The molecule has 1 saturated heterocycles. The van der Waals surface area contributed by atoms with E-state index in [2.05, 4.69) is 49.2 Å². The van der Waals surface area contributed by atoms with Crippen LogP contribution < -0.4 is 10.2 Å². The smallest absolute Gasteiger partial charge is 0.0642 e. The molecule has 21 heavy (non-hydrogen) atoms. The third-order valence-corrected chi connectivity index (χ3v) is 4.35. The van der Waals surface area contributed by atoms with Crippen molar-refractivity contribution in [2.45, 2.75) is 45.7 Å². The molecule has 1 aliphatic rings. The molecule has 1 aromatic rings. The van der Waals surface area contributed by atoms with Crippen molar-refractivity contribution < 1.29 is 5.11 Å². The fourth-order valence-electron chi connectivity index (χ4n) is 2.64. The lowest BCUT2D eigenvalue weighted by molar-refractivity contribution is 0.203. The third kappa shape index (κ3) is 4.87. The average molecular weight is 311 g/mol. The number of nitrogens with one attached hydrogen (secondary N) is 1. The number of anilines is 1. The highest BCUT2D eigenvalue weighted by Crippen LogP contribution is 2.30. The van der Waals surface area contributed by atoms with Gasteiger partial charge in [0.1, 0.15) is 0 Å². The molecule has 1 aliphatic heterocycles. The van der Waals surface area contributed by atoms with Gasteiger partial charge in [-0.25, -0.2) is 0 Å². The third-order valence-electron chi connectivity index (χ3n) is 4.05. The van der Waals surface area contributed by atoms with Gasteiger partial charge in [-0.3, -0.25) is 0 Å². The molecule has 0 spiro atoms. The molecule has 1 aromatic carbocycles. The van der Waals surface area contributed by atoms with Crippen LogP contribution in [0.25, 0.3) is 0 Å². The predicted molar refractivity (Wildman–Crippen MR) is 90.1 cm³/mol. The number of aliphatic hydroxyl groups excluding tert-OH is 1. The molecule has 1 fully saturated rings. The molecule has 2 rings (SSSR count). The molecule has 0 atom stereocenters. The first-order valence-corrected chi connectivity index (χ1v) is 8.16. The Bertz CT molecular complexity index is 462. The van der Waals surface area contributed by atoms with Crippen molar-refractivity contribution >= 4 is 17.3 Å². The lowest BCUT2D eigenvalue weighted by Crippen LogP contribution is -2.35. The van der Waals surface area contributed by atoms with Crippen LogP contribution in [0.5, 0.6) is 0 Å². The second-order valence-electron chi connectivity index (χ2n) is 7.00. The lowest BCUT2D eigenvalue weighted by Gasteiger charge is -2.33.